The summed E-state index contributed by atoms with van der Waals surface area (Å²) >= 11 is 0. The third kappa shape index (κ3) is 4.37. The number of pyridine rings is 1. The van der Waals surface area contributed by atoms with Crippen LogP contribution < -0.4 is 15.8 Å². The number of nitrogens with zero attached hydrogens (tertiary/aromatic N) is 1. The van der Waals surface area contributed by atoms with Crippen LogP contribution in [0, 0.1) is 0 Å². The molecule has 2 rings (SSSR count). The van der Waals surface area contributed by atoms with E-state index in [1.165, 1.54) is 0 Å². The number of rotatable bonds is 6. The van der Waals surface area contributed by atoms with Crippen molar-refractivity contribution in [2.45, 2.75) is 13.1 Å². The second-order valence-electron chi connectivity index (χ2n) is 4.24. The average Bonchev–Trinajstić information content (AvgIpc) is 2.52. The smallest absolute Gasteiger partial charge is 0.258 e. The van der Waals surface area contributed by atoms with E-state index >= 15 is 0 Å². The Morgan fingerprint density at radius 1 is 1.20 bits per heavy atom. The number of ether oxygens (including phenoxy) is 1. The topological polar surface area (TPSA) is 77.2 Å². The average molecular weight is 271 g/mol. The van der Waals surface area contributed by atoms with Crippen LogP contribution >= 0.6 is 0 Å². The van der Waals surface area contributed by atoms with E-state index in [0.29, 0.717) is 18.8 Å². The van der Waals surface area contributed by atoms with Gasteiger partial charge in [-0.1, -0.05) is 30.3 Å². The minimum Gasteiger partial charge on any atom is -0.482 e. The molecule has 1 aromatic heterocycles. The molecule has 0 fully saturated rings. The van der Waals surface area contributed by atoms with E-state index < -0.39 is 0 Å². The van der Waals surface area contributed by atoms with Gasteiger partial charge in [-0.15, -0.1) is 0 Å². The van der Waals surface area contributed by atoms with Gasteiger partial charge < -0.3 is 15.8 Å². The lowest BCUT2D eigenvalue weighted by atomic mass is 10.2. The van der Waals surface area contributed by atoms with Crippen LogP contribution in [-0.4, -0.2) is 17.5 Å². The van der Waals surface area contributed by atoms with Gasteiger partial charge in [-0.25, -0.2) is 0 Å². The summed E-state index contributed by atoms with van der Waals surface area (Å²) < 4.78 is 5.34. The summed E-state index contributed by atoms with van der Waals surface area (Å²) in [6.45, 7) is 0.849. The van der Waals surface area contributed by atoms with Crippen molar-refractivity contribution in [3.8, 4) is 5.75 Å². The van der Waals surface area contributed by atoms with Gasteiger partial charge in [0.25, 0.3) is 5.91 Å². The fourth-order valence-electron chi connectivity index (χ4n) is 1.61. The molecule has 0 aliphatic heterocycles. The summed E-state index contributed by atoms with van der Waals surface area (Å²) in [4.78, 5) is 15.7. The van der Waals surface area contributed by atoms with Crippen LogP contribution in [0.15, 0.2) is 48.7 Å². The molecule has 104 valence electrons. The first-order valence-corrected chi connectivity index (χ1v) is 6.36. The van der Waals surface area contributed by atoms with Gasteiger partial charge in [-0.3, -0.25) is 9.78 Å². The Balaban J connectivity index is 1.74. The van der Waals surface area contributed by atoms with Gasteiger partial charge >= 0.3 is 0 Å². The van der Waals surface area contributed by atoms with E-state index in [0.717, 1.165) is 11.3 Å². The number of nitrogens with two attached hydrogens (primary N) is 1. The Kier molecular flexibility index (Phi) is 5.08. The minimum atomic E-state index is -0.170. The van der Waals surface area contributed by atoms with E-state index in [4.69, 9.17) is 10.5 Å². The standard InChI is InChI=1S/C15H17N3O2/c16-8-13-6-7-14(10-17-13)20-11-15(19)18-9-12-4-2-1-3-5-12/h1-7,10H,8-9,11,16H2,(H,18,19). The van der Waals surface area contributed by atoms with Crippen molar-refractivity contribution in [3.63, 3.8) is 0 Å². The molecule has 0 bridgehead atoms. The van der Waals surface area contributed by atoms with Crippen LogP contribution in [0.3, 0.4) is 0 Å². The molecular formula is C15H17N3O2. The predicted octanol–water partition coefficient (Wildman–Crippen LogP) is 1.24. The molecule has 0 unspecified atom stereocenters. The van der Waals surface area contributed by atoms with Crippen molar-refractivity contribution >= 4 is 5.91 Å². The Bertz CT molecular complexity index is 541. The molecule has 0 aliphatic carbocycles. The number of carbonyl (C=O) groups is 1. The number of benzene rings is 1. The molecule has 5 heteroatoms. The zero-order valence-corrected chi connectivity index (χ0v) is 11.1. The van der Waals surface area contributed by atoms with E-state index in [-0.39, 0.29) is 12.5 Å². The predicted molar refractivity (Wildman–Crippen MR) is 75.9 cm³/mol. The second kappa shape index (κ2) is 7.25. The van der Waals surface area contributed by atoms with E-state index in [9.17, 15) is 4.79 Å². The van der Waals surface area contributed by atoms with Crippen LogP contribution in [0.5, 0.6) is 5.75 Å². The number of hydrogen-bond donors (Lipinski definition) is 2. The fourth-order valence-corrected chi connectivity index (χ4v) is 1.61. The highest BCUT2D eigenvalue weighted by molar-refractivity contribution is 5.77. The Morgan fingerprint density at radius 3 is 2.65 bits per heavy atom. The van der Waals surface area contributed by atoms with Gasteiger partial charge in [0.2, 0.25) is 0 Å². The molecule has 0 aliphatic rings. The maximum Gasteiger partial charge on any atom is 0.258 e. The maximum atomic E-state index is 11.6. The van der Waals surface area contributed by atoms with E-state index in [1.54, 1.807) is 18.3 Å². The summed E-state index contributed by atoms with van der Waals surface area (Å²) in [5.74, 6) is 0.383. The number of amides is 1. The second-order valence-corrected chi connectivity index (χ2v) is 4.24. The van der Waals surface area contributed by atoms with Crippen LogP contribution in [0.25, 0.3) is 0 Å². The summed E-state index contributed by atoms with van der Waals surface area (Å²) in [7, 11) is 0. The van der Waals surface area contributed by atoms with Gasteiger partial charge in [-0.2, -0.15) is 0 Å². The molecule has 5 nitrogen and oxygen atoms in total. The molecule has 0 saturated heterocycles. The van der Waals surface area contributed by atoms with Crippen LogP contribution in [0.2, 0.25) is 0 Å². The molecule has 0 spiro atoms. The first kappa shape index (κ1) is 14.0. The molecule has 3 N–H and O–H groups in total. The molecule has 0 saturated carbocycles. The monoisotopic (exact) mass is 271 g/mol. The SMILES string of the molecule is NCc1ccc(OCC(=O)NCc2ccccc2)cn1. The Hall–Kier alpha value is -2.40. The summed E-state index contributed by atoms with van der Waals surface area (Å²) in [5.41, 5.74) is 7.28. The van der Waals surface area contributed by atoms with Gasteiger partial charge in [0, 0.05) is 13.1 Å². The van der Waals surface area contributed by atoms with Crippen LogP contribution in [0.1, 0.15) is 11.3 Å². The highest BCUT2D eigenvalue weighted by atomic mass is 16.5. The van der Waals surface area contributed by atoms with Gasteiger partial charge in [0.15, 0.2) is 6.61 Å². The lowest BCUT2D eigenvalue weighted by Crippen LogP contribution is -2.28. The number of aromatic nitrogens is 1. The normalized spacial score (nSPS) is 10.1. The van der Waals surface area contributed by atoms with E-state index in [1.807, 2.05) is 30.3 Å². The van der Waals surface area contributed by atoms with Crippen LogP contribution in [0.4, 0.5) is 0 Å². The maximum absolute atomic E-state index is 11.6. The van der Waals surface area contributed by atoms with Crippen LogP contribution in [-0.2, 0) is 17.9 Å². The molecule has 2 aromatic rings. The van der Waals surface area contributed by atoms with Crippen molar-refractivity contribution < 1.29 is 9.53 Å². The molecular weight excluding hydrogens is 254 g/mol. The van der Waals surface area contributed by atoms with E-state index in [2.05, 4.69) is 10.3 Å². The summed E-state index contributed by atoms with van der Waals surface area (Å²) in [6.07, 6.45) is 1.56. The van der Waals surface area contributed by atoms with Crippen molar-refractivity contribution in [2.75, 3.05) is 6.61 Å². The molecule has 1 heterocycles. The summed E-state index contributed by atoms with van der Waals surface area (Å²) in [6, 6.07) is 13.2. The molecule has 1 amide bonds. The largest absolute Gasteiger partial charge is 0.482 e. The zero-order chi connectivity index (χ0) is 14.2. The quantitative estimate of drug-likeness (QED) is 0.828. The minimum absolute atomic E-state index is 0.0313. The Morgan fingerprint density at radius 2 is 2.00 bits per heavy atom. The molecule has 20 heavy (non-hydrogen) atoms. The van der Waals surface area contributed by atoms with Crippen molar-refractivity contribution in [1.29, 1.82) is 0 Å². The fraction of sp³-hybridized carbons (Fsp3) is 0.200. The highest BCUT2D eigenvalue weighted by Crippen LogP contribution is 2.08. The molecule has 0 radical (unpaired) electrons. The molecule has 0 atom stereocenters. The number of hydrogen-bond acceptors (Lipinski definition) is 4. The lowest BCUT2D eigenvalue weighted by molar-refractivity contribution is -0.123. The number of nitrogens with one attached hydrogen (secondary N) is 1. The lowest BCUT2D eigenvalue weighted by Gasteiger charge is -2.07. The zero-order valence-electron chi connectivity index (χ0n) is 11.1. The molecule has 1 aromatic carbocycles. The first-order valence-electron chi connectivity index (χ1n) is 6.36. The Labute approximate surface area is 117 Å². The van der Waals surface area contributed by atoms with Crippen molar-refractivity contribution in [1.82, 2.24) is 10.3 Å². The van der Waals surface area contributed by atoms with Gasteiger partial charge in [0.05, 0.1) is 11.9 Å². The highest BCUT2D eigenvalue weighted by Gasteiger charge is 2.03. The van der Waals surface area contributed by atoms with Gasteiger partial charge in [-0.05, 0) is 17.7 Å². The first-order chi connectivity index (χ1) is 9.78. The van der Waals surface area contributed by atoms with Crippen molar-refractivity contribution in [2.24, 2.45) is 5.73 Å². The third-order valence-corrected chi connectivity index (χ3v) is 2.71. The third-order valence-electron chi connectivity index (χ3n) is 2.71. The van der Waals surface area contributed by atoms with Gasteiger partial charge in [0.1, 0.15) is 5.75 Å². The summed E-state index contributed by atoms with van der Waals surface area (Å²) in [5, 5.41) is 2.79. The van der Waals surface area contributed by atoms with Crippen molar-refractivity contribution in [3.05, 3.63) is 59.9 Å². The number of carbonyl (C=O) groups excluding carboxylic acids is 1.